The summed E-state index contributed by atoms with van der Waals surface area (Å²) >= 11 is 0. The van der Waals surface area contributed by atoms with Crippen LogP contribution in [-0.2, 0) is 0 Å². The van der Waals surface area contributed by atoms with Crippen LogP contribution in [0.25, 0.3) is 0 Å². The van der Waals surface area contributed by atoms with Gasteiger partial charge in [-0.1, -0.05) is 63.3 Å². The van der Waals surface area contributed by atoms with Crippen LogP contribution in [0.15, 0.2) is 42.5 Å². The number of rotatable bonds is 5. The normalized spacial score (nSPS) is 12.3. The molecule has 0 amide bonds. The van der Waals surface area contributed by atoms with Crippen molar-refractivity contribution in [2.24, 2.45) is 5.41 Å². The summed E-state index contributed by atoms with van der Waals surface area (Å²) in [5.41, 5.74) is 0.980. The smallest absolute Gasteiger partial charge is 0.176 e. The van der Waals surface area contributed by atoms with E-state index in [1.54, 1.807) is 0 Å². The molecule has 0 saturated carbocycles. The van der Waals surface area contributed by atoms with Crippen LogP contribution in [0, 0.1) is 5.41 Å². The van der Waals surface area contributed by atoms with Gasteiger partial charge in [0.05, 0.1) is 6.54 Å². The van der Waals surface area contributed by atoms with Gasteiger partial charge in [-0.2, -0.15) is 0 Å². The first kappa shape index (κ1) is 14.7. The van der Waals surface area contributed by atoms with Crippen molar-refractivity contribution in [2.75, 3.05) is 20.1 Å². The third kappa shape index (κ3) is 5.78. The van der Waals surface area contributed by atoms with Crippen molar-refractivity contribution in [1.82, 2.24) is 4.90 Å². The van der Waals surface area contributed by atoms with Gasteiger partial charge in [0.2, 0.25) is 0 Å². The molecule has 2 nitrogen and oxygen atoms in total. The van der Waals surface area contributed by atoms with Gasteiger partial charge in [-0.05, 0) is 12.5 Å². The van der Waals surface area contributed by atoms with Gasteiger partial charge in [-0.3, -0.25) is 9.69 Å². The molecule has 18 heavy (non-hydrogen) atoms. The first-order chi connectivity index (χ1) is 8.38. The minimum absolute atomic E-state index is 0.169. The summed E-state index contributed by atoms with van der Waals surface area (Å²) in [6, 6.07) is 9.44. The molecule has 0 N–H and O–H groups in total. The van der Waals surface area contributed by atoms with Gasteiger partial charge in [-0.25, -0.2) is 0 Å². The molecule has 0 heterocycles. The summed E-state index contributed by atoms with van der Waals surface area (Å²) in [5.74, 6) is 0.169. The largest absolute Gasteiger partial charge is 0.295 e. The van der Waals surface area contributed by atoms with Gasteiger partial charge in [0.25, 0.3) is 0 Å². The molecule has 0 aliphatic carbocycles. The van der Waals surface area contributed by atoms with Crippen molar-refractivity contribution >= 4 is 5.78 Å². The number of carbonyl (C=O) groups excluding carboxylic acids is 1. The molecule has 0 radical (unpaired) electrons. The van der Waals surface area contributed by atoms with Crippen LogP contribution in [0.4, 0.5) is 0 Å². The molecular weight excluding hydrogens is 222 g/mol. The second-order valence-electron chi connectivity index (χ2n) is 5.75. The predicted molar refractivity (Wildman–Crippen MR) is 76.9 cm³/mol. The van der Waals surface area contributed by atoms with E-state index in [0.29, 0.717) is 6.54 Å². The Bertz CT molecular complexity index is 401. The number of ketones is 1. The highest BCUT2D eigenvalue weighted by Gasteiger charge is 2.08. The molecule has 1 aromatic rings. The lowest BCUT2D eigenvalue weighted by Crippen LogP contribution is -2.26. The molecule has 0 fully saturated rings. The second kappa shape index (κ2) is 6.50. The van der Waals surface area contributed by atoms with Crippen LogP contribution >= 0.6 is 0 Å². The highest BCUT2D eigenvalue weighted by Crippen LogP contribution is 2.14. The first-order valence-corrected chi connectivity index (χ1v) is 6.33. The van der Waals surface area contributed by atoms with Gasteiger partial charge in [-0.15, -0.1) is 0 Å². The fourth-order valence-electron chi connectivity index (χ4n) is 1.61. The Labute approximate surface area is 110 Å². The number of benzene rings is 1. The van der Waals surface area contributed by atoms with Crippen LogP contribution in [0.1, 0.15) is 31.1 Å². The molecule has 0 atom stereocenters. The van der Waals surface area contributed by atoms with Crippen molar-refractivity contribution < 1.29 is 4.79 Å². The molecule has 0 aromatic heterocycles. The van der Waals surface area contributed by atoms with E-state index in [4.69, 9.17) is 0 Å². The fraction of sp³-hybridized carbons (Fsp3) is 0.438. The van der Waals surface area contributed by atoms with Gasteiger partial charge < -0.3 is 0 Å². The molecular formula is C16H23NO. The summed E-state index contributed by atoms with van der Waals surface area (Å²) in [5, 5.41) is 0. The summed E-state index contributed by atoms with van der Waals surface area (Å²) in [4.78, 5) is 14.0. The van der Waals surface area contributed by atoms with E-state index in [9.17, 15) is 4.79 Å². The van der Waals surface area contributed by atoms with Crippen LogP contribution in [0.3, 0.4) is 0 Å². The lowest BCUT2D eigenvalue weighted by molar-refractivity contribution is 0.0952. The summed E-state index contributed by atoms with van der Waals surface area (Å²) in [7, 11) is 1.97. The molecule has 2 heteroatoms. The van der Waals surface area contributed by atoms with Crippen molar-refractivity contribution in [1.29, 1.82) is 0 Å². The van der Waals surface area contributed by atoms with E-state index in [-0.39, 0.29) is 11.2 Å². The summed E-state index contributed by atoms with van der Waals surface area (Å²) in [6.07, 6.45) is 4.30. The summed E-state index contributed by atoms with van der Waals surface area (Å²) < 4.78 is 0. The maximum atomic E-state index is 11.9. The maximum Gasteiger partial charge on any atom is 0.176 e. The SMILES string of the molecule is CN(C/C=C/C(C)(C)C)CC(=O)c1ccccc1. The standard InChI is InChI=1S/C16H23NO/c1-16(2,3)11-8-12-17(4)13-15(18)14-9-6-5-7-10-14/h5-11H,12-13H2,1-4H3/b11-8+. The number of Topliss-reactive ketones (excluding diaryl/α,β-unsaturated/α-hetero) is 1. The Morgan fingerprint density at radius 3 is 2.39 bits per heavy atom. The van der Waals surface area contributed by atoms with Crippen molar-refractivity contribution in [2.45, 2.75) is 20.8 Å². The van der Waals surface area contributed by atoms with Crippen molar-refractivity contribution in [3.63, 3.8) is 0 Å². The minimum atomic E-state index is 0.169. The van der Waals surface area contributed by atoms with E-state index in [0.717, 1.165) is 12.1 Å². The Kier molecular flexibility index (Phi) is 5.29. The van der Waals surface area contributed by atoms with Gasteiger partial charge in [0.1, 0.15) is 0 Å². The van der Waals surface area contributed by atoms with E-state index in [1.807, 2.05) is 42.3 Å². The average Bonchev–Trinajstić information content (AvgIpc) is 2.28. The maximum absolute atomic E-state index is 11.9. The lowest BCUT2D eigenvalue weighted by Gasteiger charge is -2.15. The third-order valence-electron chi connectivity index (χ3n) is 2.54. The topological polar surface area (TPSA) is 20.3 Å². The molecule has 0 aliphatic rings. The molecule has 0 unspecified atom stereocenters. The Morgan fingerprint density at radius 1 is 1.22 bits per heavy atom. The molecule has 1 rings (SSSR count). The zero-order valence-electron chi connectivity index (χ0n) is 11.8. The van der Waals surface area contributed by atoms with Gasteiger partial charge in [0, 0.05) is 12.1 Å². The van der Waals surface area contributed by atoms with Crippen LogP contribution in [0.5, 0.6) is 0 Å². The van der Waals surface area contributed by atoms with Crippen LogP contribution in [-0.4, -0.2) is 30.8 Å². The van der Waals surface area contributed by atoms with Crippen LogP contribution < -0.4 is 0 Å². The Morgan fingerprint density at radius 2 is 1.83 bits per heavy atom. The number of carbonyl (C=O) groups is 1. The quantitative estimate of drug-likeness (QED) is 0.585. The number of hydrogen-bond donors (Lipinski definition) is 0. The molecule has 0 spiro atoms. The zero-order valence-corrected chi connectivity index (χ0v) is 11.8. The van der Waals surface area contributed by atoms with Gasteiger partial charge >= 0.3 is 0 Å². The van der Waals surface area contributed by atoms with Crippen LogP contribution in [0.2, 0.25) is 0 Å². The van der Waals surface area contributed by atoms with E-state index in [2.05, 4.69) is 32.9 Å². The predicted octanol–water partition coefficient (Wildman–Crippen LogP) is 3.40. The second-order valence-corrected chi connectivity index (χ2v) is 5.75. The van der Waals surface area contributed by atoms with E-state index in [1.165, 1.54) is 0 Å². The Hall–Kier alpha value is -1.41. The zero-order chi connectivity index (χ0) is 13.6. The van der Waals surface area contributed by atoms with Gasteiger partial charge in [0.15, 0.2) is 5.78 Å². The summed E-state index contributed by atoms with van der Waals surface area (Å²) in [6.45, 7) is 7.75. The molecule has 0 aliphatic heterocycles. The first-order valence-electron chi connectivity index (χ1n) is 6.33. The van der Waals surface area contributed by atoms with Crippen molar-refractivity contribution in [3.05, 3.63) is 48.0 Å². The number of likely N-dealkylation sites (N-methyl/N-ethyl adjacent to an activating group) is 1. The Balaban J connectivity index is 2.44. The number of allylic oxidation sites excluding steroid dienone is 1. The average molecular weight is 245 g/mol. The molecule has 0 saturated heterocycles. The monoisotopic (exact) mass is 245 g/mol. The highest BCUT2D eigenvalue weighted by atomic mass is 16.1. The number of nitrogens with zero attached hydrogens (tertiary/aromatic N) is 1. The van der Waals surface area contributed by atoms with E-state index >= 15 is 0 Å². The minimum Gasteiger partial charge on any atom is -0.295 e. The highest BCUT2D eigenvalue weighted by molar-refractivity contribution is 5.97. The van der Waals surface area contributed by atoms with E-state index < -0.39 is 0 Å². The van der Waals surface area contributed by atoms with Crippen molar-refractivity contribution in [3.8, 4) is 0 Å². The molecule has 1 aromatic carbocycles. The lowest BCUT2D eigenvalue weighted by atomic mass is 9.96. The molecule has 0 bridgehead atoms. The fourth-order valence-corrected chi connectivity index (χ4v) is 1.61. The molecule has 98 valence electrons. The third-order valence-corrected chi connectivity index (χ3v) is 2.54. The number of hydrogen-bond acceptors (Lipinski definition) is 2.